The van der Waals surface area contributed by atoms with Crippen LogP contribution in [0.2, 0.25) is 0 Å². The minimum atomic E-state index is -3.07. The molecule has 7 heteroatoms. The Morgan fingerprint density at radius 1 is 1.00 bits per heavy atom. The van der Waals surface area contributed by atoms with Crippen LogP contribution in [0.5, 0.6) is 0 Å². The Balaban J connectivity index is 1.61. The predicted molar refractivity (Wildman–Crippen MR) is 97.3 cm³/mol. The molecule has 0 aliphatic carbocycles. The van der Waals surface area contributed by atoms with Crippen LogP contribution in [0.15, 0.2) is 48.8 Å². The summed E-state index contributed by atoms with van der Waals surface area (Å²) < 4.78 is 22.7. The monoisotopic (exact) mass is 359 g/mol. The second-order valence-electron chi connectivity index (χ2n) is 6.25. The number of carbonyl (C=O) groups excluding carboxylic acids is 1. The lowest BCUT2D eigenvalue weighted by Crippen LogP contribution is -2.48. The SMILES string of the molecule is CS(=O)(=O)Cc1ccc(C(=O)N2CCN(c3ccncc3)CC2)cc1. The Morgan fingerprint density at radius 2 is 1.60 bits per heavy atom. The topological polar surface area (TPSA) is 70.6 Å². The molecule has 25 heavy (non-hydrogen) atoms. The third-order valence-electron chi connectivity index (χ3n) is 4.22. The highest BCUT2D eigenvalue weighted by atomic mass is 32.2. The molecule has 2 aromatic rings. The second-order valence-corrected chi connectivity index (χ2v) is 8.39. The van der Waals surface area contributed by atoms with Crippen molar-refractivity contribution in [3.05, 3.63) is 59.9 Å². The molecule has 0 radical (unpaired) electrons. The highest BCUT2D eigenvalue weighted by Gasteiger charge is 2.22. The molecular weight excluding hydrogens is 338 g/mol. The number of anilines is 1. The van der Waals surface area contributed by atoms with Crippen LogP contribution in [0.4, 0.5) is 5.69 Å². The Kier molecular flexibility index (Phi) is 5.03. The summed E-state index contributed by atoms with van der Waals surface area (Å²) in [5, 5.41) is 0. The summed E-state index contributed by atoms with van der Waals surface area (Å²) in [6.45, 7) is 2.88. The number of piperazine rings is 1. The van der Waals surface area contributed by atoms with Crippen molar-refractivity contribution in [1.82, 2.24) is 9.88 Å². The third-order valence-corrected chi connectivity index (χ3v) is 5.08. The lowest BCUT2D eigenvalue weighted by Gasteiger charge is -2.36. The molecule has 0 spiro atoms. The highest BCUT2D eigenvalue weighted by molar-refractivity contribution is 7.89. The molecule has 1 aliphatic heterocycles. The number of pyridine rings is 1. The number of hydrogen-bond acceptors (Lipinski definition) is 5. The van der Waals surface area contributed by atoms with Crippen LogP contribution in [0.3, 0.4) is 0 Å². The van der Waals surface area contributed by atoms with E-state index in [-0.39, 0.29) is 11.7 Å². The number of amides is 1. The maximum absolute atomic E-state index is 12.6. The van der Waals surface area contributed by atoms with E-state index in [0.29, 0.717) is 24.2 Å². The first-order valence-electron chi connectivity index (χ1n) is 8.13. The lowest BCUT2D eigenvalue weighted by atomic mass is 10.1. The first-order valence-corrected chi connectivity index (χ1v) is 10.2. The number of aromatic nitrogens is 1. The van der Waals surface area contributed by atoms with Gasteiger partial charge in [0.1, 0.15) is 0 Å². The molecular formula is C18H21N3O3S. The van der Waals surface area contributed by atoms with Crippen molar-refractivity contribution in [2.45, 2.75) is 5.75 Å². The number of sulfone groups is 1. The molecule has 0 atom stereocenters. The fourth-order valence-electron chi connectivity index (χ4n) is 2.95. The average molecular weight is 359 g/mol. The van der Waals surface area contributed by atoms with Crippen molar-refractivity contribution >= 4 is 21.4 Å². The van der Waals surface area contributed by atoms with Gasteiger partial charge in [-0.15, -0.1) is 0 Å². The number of rotatable bonds is 4. The number of benzene rings is 1. The van der Waals surface area contributed by atoms with Gasteiger partial charge in [-0.1, -0.05) is 12.1 Å². The fraction of sp³-hybridized carbons (Fsp3) is 0.333. The summed E-state index contributed by atoms with van der Waals surface area (Å²) in [5.41, 5.74) is 2.41. The molecule has 1 fully saturated rings. The number of nitrogens with zero attached hydrogens (tertiary/aromatic N) is 3. The van der Waals surface area contributed by atoms with Gasteiger partial charge in [-0.3, -0.25) is 9.78 Å². The van der Waals surface area contributed by atoms with E-state index in [9.17, 15) is 13.2 Å². The van der Waals surface area contributed by atoms with Gasteiger partial charge in [-0.05, 0) is 29.8 Å². The molecule has 2 heterocycles. The fourth-order valence-corrected chi connectivity index (χ4v) is 3.75. The van der Waals surface area contributed by atoms with Gasteiger partial charge in [0, 0.05) is 56.1 Å². The van der Waals surface area contributed by atoms with E-state index in [2.05, 4.69) is 9.88 Å². The normalized spacial score (nSPS) is 15.2. The van der Waals surface area contributed by atoms with Gasteiger partial charge in [-0.2, -0.15) is 0 Å². The van der Waals surface area contributed by atoms with E-state index >= 15 is 0 Å². The molecule has 6 nitrogen and oxygen atoms in total. The van der Waals surface area contributed by atoms with Gasteiger partial charge in [0.25, 0.3) is 5.91 Å². The van der Waals surface area contributed by atoms with Gasteiger partial charge >= 0.3 is 0 Å². The summed E-state index contributed by atoms with van der Waals surface area (Å²) in [6, 6.07) is 10.8. The van der Waals surface area contributed by atoms with Crippen molar-refractivity contribution in [2.24, 2.45) is 0 Å². The molecule has 1 aliphatic rings. The first-order chi connectivity index (χ1) is 11.9. The molecule has 1 aromatic carbocycles. The zero-order valence-corrected chi connectivity index (χ0v) is 14.9. The van der Waals surface area contributed by atoms with Gasteiger partial charge in [0.2, 0.25) is 0 Å². The summed E-state index contributed by atoms with van der Waals surface area (Å²) in [4.78, 5) is 20.7. The minimum Gasteiger partial charge on any atom is -0.368 e. The van der Waals surface area contributed by atoms with E-state index in [1.54, 1.807) is 36.7 Å². The Labute approximate surface area is 148 Å². The number of carbonyl (C=O) groups is 1. The minimum absolute atomic E-state index is 0.00786. The Hall–Kier alpha value is -2.41. The van der Waals surface area contributed by atoms with Crippen LogP contribution in [0.25, 0.3) is 0 Å². The lowest BCUT2D eigenvalue weighted by molar-refractivity contribution is 0.0747. The molecule has 0 N–H and O–H groups in total. The van der Waals surface area contributed by atoms with Crippen LogP contribution in [0, 0.1) is 0 Å². The maximum Gasteiger partial charge on any atom is 0.253 e. The summed E-state index contributed by atoms with van der Waals surface area (Å²) >= 11 is 0. The third kappa shape index (κ3) is 4.57. The van der Waals surface area contributed by atoms with E-state index in [1.165, 1.54) is 6.26 Å². The van der Waals surface area contributed by atoms with Crippen molar-refractivity contribution in [2.75, 3.05) is 37.3 Å². The standard InChI is InChI=1S/C18H21N3O3S/c1-25(23,24)14-15-2-4-16(5-3-15)18(22)21-12-10-20(11-13-21)17-6-8-19-9-7-17/h2-9H,10-14H2,1H3. The van der Waals surface area contributed by atoms with Crippen LogP contribution < -0.4 is 4.90 Å². The molecule has 3 rings (SSSR count). The van der Waals surface area contributed by atoms with Crippen molar-refractivity contribution in [1.29, 1.82) is 0 Å². The summed E-state index contributed by atoms with van der Waals surface area (Å²) in [7, 11) is -3.07. The quantitative estimate of drug-likeness (QED) is 0.829. The van der Waals surface area contributed by atoms with Gasteiger partial charge in [0.05, 0.1) is 5.75 Å². The molecule has 132 valence electrons. The molecule has 1 amide bonds. The van der Waals surface area contributed by atoms with Gasteiger partial charge in [0.15, 0.2) is 9.84 Å². The summed E-state index contributed by atoms with van der Waals surface area (Å²) in [5.74, 6) is -0.0215. The van der Waals surface area contributed by atoms with Crippen molar-refractivity contribution in [3.63, 3.8) is 0 Å². The zero-order chi connectivity index (χ0) is 17.9. The average Bonchev–Trinajstić information content (AvgIpc) is 2.61. The molecule has 0 bridgehead atoms. The Bertz CT molecular complexity index is 828. The molecule has 0 unspecified atom stereocenters. The van der Waals surface area contributed by atoms with Crippen LogP contribution in [-0.2, 0) is 15.6 Å². The van der Waals surface area contributed by atoms with E-state index in [4.69, 9.17) is 0 Å². The molecule has 1 aromatic heterocycles. The smallest absolute Gasteiger partial charge is 0.253 e. The van der Waals surface area contributed by atoms with Gasteiger partial charge in [-0.25, -0.2) is 8.42 Å². The van der Waals surface area contributed by atoms with Crippen LogP contribution in [-0.4, -0.2) is 56.6 Å². The highest BCUT2D eigenvalue weighted by Crippen LogP contribution is 2.17. The molecule has 1 saturated heterocycles. The predicted octanol–water partition coefficient (Wildman–Crippen LogP) is 1.59. The van der Waals surface area contributed by atoms with E-state index in [1.807, 2.05) is 17.0 Å². The second kappa shape index (κ2) is 7.23. The largest absolute Gasteiger partial charge is 0.368 e. The van der Waals surface area contributed by atoms with Crippen LogP contribution in [0.1, 0.15) is 15.9 Å². The maximum atomic E-state index is 12.6. The van der Waals surface area contributed by atoms with E-state index in [0.717, 1.165) is 18.8 Å². The zero-order valence-electron chi connectivity index (χ0n) is 14.1. The Morgan fingerprint density at radius 3 is 2.16 bits per heavy atom. The molecule has 0 saturated carbocycles. The summed E-state index contributed by atoms with van der Waals surface area (Å²) in [6.07, 6.45) is 4.74. The van der Waals surface area contributed by atoms with Crippen LogP contribution >= 0.6 is 0 Å². The van der Waals surface area contributed by atoms with Crippen molar-refractivity contribution < 1.29 is 13.2 Å². The van der Waals surface area contributed by atoms with Crippen molar-refractivity contribution in [3.8, 4) is 0 Å². The van der Waals surface area contributed by atoms with E-state index < -0.39 is 9.84 Å². The first kappa shape index (κ1) is 17.4. The van der Waals surface area contributed by atoms with Gasteiger partial charge < -0.3 is 9.80 Å². The number of hydrogen-bond donors (Lipinski definition) is 0.